The van der Waals surface area contributed by atoms with Crippen molar-refractivity contribution >= 4 is 54.8 Å². The van der Waals surface area contributed by atoms with Crippen LogP contribution in [0, 0.1) is 0 Å². The molecule has 0 aliphatic carbocycles. The molecular formula is C17H16BrClN2O3S. The molecule has 0 fully saturated rings. The van der Waals surface area contributed by atoms with Gasteiger partial charge in [0.15, 0.2) is 0 Å². The van der Waals surface area contributed by atoms with Crippen molar-refractivity contribution in [3.05, 3.63) is 51.5 Å². The highest BCUT2D eigenvalue weighted by Gasteiger charge is 2.35. The molecule has 0 bridgehead atoms. The minimum atomic E-state index is -3.88. The number of halogens is 2. The minimum Gasteiger partial charge on any atom is -0.308 e. The third-order valence-electron chi connectivity index (χ3n) is 4.04. The van der Waals surface area contributed by atoms with Crippen LogP contribution in [0.25, 0.3) is 0 Å². The third kappa shape index (κ3) is 3.54. The molecule has 5 nitrogen and oxygen atoms in total. The van der Waals surface area contributed by atoms with Crippen LogP contribution in [0.2, 0.25) is 5.02 Å². The Hall–Kier alpha value is -1.57. The molecule has 0 unspecified atom stereocenters. The van der Waals surface area contributed by atoms with Crippen LogP contribution in [0.5, 0.6) is 0 Å². The highest BCUT2D eigenvalue weighted by Crippen LogP contribution is 2.40. The highest BCUT2D eigenvalue weighted by atomic mass is 79.9. The van der Waals surface area contributed by atoms with E-state index in [0.717, 1.165) is 5.56 Å². The molecule has 132 valence electrons. The van der Waals surface area contributed by atoms with Crippen molar-refractivity contribution in [1.29, 1.82) is 0 Å². The second-order valence-corrected chi connectivity index (χ2v) is 8.97. The monoisotopic (exact) mass is 442 g/mol. The van der Waals surface area contributed by atoms with Gasteiger partial charge in [0.1, 0.15) is 4.90 Å². The van der Waals surface area contributed by atoms with Gasteiger partial charge in [0.25, 0.3) is 10.0 Å². The van der Waals surface area contributed by atoms with Crippen LogP contribution in [0.4, 0.5) is 11.4 Å². The quantitative estimate of drug-likeness (QED) is 0.773. The lowest BCUT2D eigenvalue weighted by Crippen LogP contribution is -2.34. The average Bonchev–Trinajstić information content (AvgIpc) is 2.84. The maximum Gasteiger partial charge on any atom is 0.264 e. The maximum absolute atomic E-state index is 13.0. The number of rotatable bonds is 3. The first-order valence-corrected chi connectivity index (χ1v) is 10.2. The third-order valence-corrected chi connectivity index (χ3v) is 6.15. The second kappa shape index (κ2) is 6.63. The normalized spacial score (nSPS) is 16.6. The molecule has 1 atom stereocenters. The Bertz CT molecular complexity index is 945. The fraction of sp³-hybridized carbons (Fsp3) is 0.235. The lowest BCUT2D eigenvalue weighted by molar-refractivity contribution is -0.116. The SMILES string of the molecule is CC(=O)N1c2c(cc(Br)cc2S(=O)(=O)Nc2ccc(Cl)cc2)C[C@@H]1C. The molecule has 1 amide bonds. The number of hydrogen-bond acceptors (Lipinski definition) is 3. The van der Waals surface area contributed by atoms with E-state index in [4.69, 9.17) is 11.6 Å². The van der Waals surface area contributed by atoms with E-state index in [1.165, 1.54) is 17.9 Å². The molecule has 3 rings (SSSR count). The fourth-order valence-corrected chi connectivity index (χ4v) is 5.19. The smallest absolute Gasteiger partial charge is 0.264 e. The molecule has 0 saturated carbocycles. The summed E-state index contributed by atoms with van der Waals surface area (Å²) >= 11 is 9.21. The molecule has 1 heterocycles. The van der Waals surface area contributed by atoms with Gasteiger partial charge in [0, 0.05) is 28.1 Å². The van der Waals surface area contributed by atoms with Crippen molar-refractivity contribution in [2.45, 2.75) is 31.2 Å². The van der Waals surface area contributed by atoms with Crippen LogP contribution in [-0.2, 0) is 21.2 Å². The van der Waals surface area contributed by atoms with E-state index in [1.54, 1.807) is 24.3 Å². The molecule has 25 heavy (non-hydrogen) atoms. The van der Waals surface area contributed by atoms with Gasteiger partial charge in [-0.05, 0) is 55.3 Å². The summed E-state index contributed by atoms with van der Waals surface area (Å²) in [6, 6.07) is 9.67. The van der Waals surface area contributed by atoms with E-state index >= 15 is 0 Å². The molecule has 2 aromatic carbocycles. The van der Waals surface area contributed by atoms with Crippen molar-refractivity contribution in [1.82, 2.24) is 0 Å². The van der Waals surface area contributed by atoms with E-state index in [1.807, 2.05) is 13.0 Å². The summed E-state index contributed by atoms with van der Waals surface area (Å²) < 4.78 is 29.1. The zero-order valence-electron chi connectivity index (χ0n) is 13.6. The number of carbonyl (C=O) groups is 1. The fourth-order valence-electron chi connectivity index (χ4n) is 3.09. The van der Waals surface area contributed by atoms with Gasteiger partial charge < -0.3 is 4.90 Å². The topological polar surface area (TPSA) is 66.5 Å². The first-order valence-electron chi connectivity index (χ1n) is 7.59. The van der Waals surface area contributed by atoms with Crippen LogP contribution in [0.3, 0.4) is 0 Å². The van der Waals surface area contributed by atoms with E-state index < -0.39 is 10.0 Å². The van der Waals surface area contributed by atoms with Gasteiger partial charge in [-0.2, -0.15) is 0 Å². The van der Waals surface area contributed by atoms with Crippen LogP contribution in [0.15, 0.2) is 45.8 Å². The van der Waals surface area contributed by atoms with Crippen molar-refractivity contribution in [3.8, 4) is 0 Å². The lowest BCUT2D eigenvalue weighted by atomic mass is 10.1. The van der Waals surface area contributed by atoms with Crippen LogP contribution >= 0.6 is 27.5 Å². The number of fused-ring (bicyclic) bond motifs is 1. The number of hydrogen-bond donors (Lipinski definition) is 1. The molecule has 0 spiro atoms. The van der Waals surface area contributed by atoms with Gasteiger partial charge in [-0.15, -0.1) is 0 Å². The molecular weight excluding hydrogens is 428 g/mol. The first-order chi connectivity index (χ1) is 11.7. The number of sulfonamides is 1. The van der Waals surface area contributed by atoms with Gasteiger partial charge >= 0.3 is 0 Å². The Labute approximate surface area is 160 Å². The summed E-state index contributed by atoms with van der Waals surface area (Å²) in [7, 11) is -3.88. The van der Waals surface area contributed by atoms with Gasteiger partial charge in [-0.25, -0.2) is 8.42 Å². The van der Waals surface area contributed by atoms with Crippen molar-refractivity contribution in [3.63, 3.8) is 0 Å². The average molecular weight is 444 g/mol. The standard InChI is InChI=1S/C17H16BrClN2O3S/c1-10-7-12-8-13(18)9-16(17(12)21(10)11(2)22)25(23,24)20-15-5-3-14(19)4-6-15/h3-6,8-10,20H,7H2,1-2H3/t10-/m0/s1. The summed E-state index contributed by atoms with van der Waals surface area (Å²) in [5.41, 5.74) is 1.68. The van der Waals surface area contributed by atoms with Gasteiger partial charge in [0.05, 0.1) is 5.69 Å². The van der Waals surface area contributed by atoms with Crippen LogP contribution in [0.1, 0.15) is 19.4 Å². The first kappa shape index (κ1) is 18.2. The molecule has 1 aliphatic heterocycles. The largest absolute Gasteiger partial charge is 0.308 e. The van der Waals surface area contributed by atoms with Gasteiger partial charge in [0.2, 0.25) is 5.91 Å². The summed E-state index contributed by atoms with van der Waals surface area (Å²) in [6.07, 6.45) is 0.609. The van der Waals surface area contributed by atoms with Crippen LogP contribution in [-0.4, -0.2) is 20.4 Å². The number of carbonyl (C=O) groups excluding carboxylic acids is 1. The lowest BCUT2D eigenvalue weighted by Gasteiger charge is -2.23. The Morgan fingerprint density at radius 2 is 1.92 bits per heavy atom. The Kier molecular flexibility index (Phi) is 4.83. The number of amides is 1. The predicted molar refractivity (Wildman–Crippen MR) is 103 cm³/mol. The highest BCUT2D eigenvalue weighted by molar-refractivity contribution is 9.10. The zero-order chi connectivity index (χ0) is 18.4. The molecule has 0 radical (unpaired) electrons. The molecule has 1 aliphatic rings. The maximum atomic E-state index is 13.0. The zero-order valence-corrected chi connectivity index (χ0v) is 16.7. The van der Waals surface area contributed by atoms with Crippen molar-refractivity contribution < 1.29 is 13.2 Å². The number of benzene rings is 2. The molecule has 0 saturated heterocycles. The summed E-state index contributed by atoms with van der Waals surface area (Å²) in [5.74, 6) is -0.184. The Morgan fingerprint density at radius 3 is 2.52 bits per heavy atom. The number of nitrogens with one attached hydrogen (secondary N) is 1. The van der Waals surface area contributed by atoms with Gasteiger partial charge in [-0.3, -0.25) is 9.52 Å². The number of nitrogens with zero attached hydrogens (tertiary/aromatic N) is 1. The minimum absolute atomic E-state index is 0.0753. The predicted octanol–water partition coefficient (Wildman–Crippen LogP) is 4.20. The second-order valence-electron chi connectivity index (χ2n) is 5.97. The summed E-state index contributed by atoms with van der Waals surface area (Å²) in [4.78, 5) is 13.7. The number of anilines is 2. The molecule has 0 aromatic heterocycles. The van der Waals surface area contributed by atoms with E-state index in [9.17, 15) is 13.2 Å². The molecule has 2 aromatic rings. The molecule has 8 heteroatoms. The Morgan fingerprint density at radius 1 is 1.28 bits per heavy atom. The Balaban J connectivity index is 2.11. The summed E-state index contributed by atoms with van der Waals surface area (Å²) in [6.45, 7) is 3.34. The summed E-state index contributed by atoms with van der Waals surface area (Å²) in [5, 5.41) is 0.517. The van der Waals surface area contributed by atoms with E-state index in [2.05, 4.69) is 20.7 Å². The molecule has 1 N–H and O–H groups in total. The van der Waals surface area contributed by atoms with Crippen molar-refractivity contribution in [2.75, 3.05) is 9.62 Å². The van der Waals surface area contributed by atoms with Gasteiger partial charge in [-0.1, -0.05) is 27.5 Å². The van der Waals surface area contributed by atoms with Crippen LogP contribution < -0.4 is 9.62 Å². The van der Waals surface area contributed by atoms with E-state index in [0.29, 0.717) is 27.3 Å². The van der Waals surface area contributed by atoms with E-state index in [-0.39, 0.29) is 16.8 Å². The van der Waals surface area contributed by atoms with Crippen molar-refractivity contribution in [2.24, 2.45) is 0 Å².